The van der Waals surface area contributed by atoms with Crippen LogP contribution in [0.25, 0.3) is 16.8 Å². The zero-order valence-corrected chi connectivity index (χ0v) is 23.8. The standard InChI is InChI=1S/C23H27F3N6.C6H4F2.CH3NO/c1-13(2)9-21(30-12-20(28)23(24,25)26)32-15(4)16-5-7-17(8-6-16)18-10-19(14(3)27)22(29)31-11-18;7-5-3-1-2-4-6(5)8;2-1-3/h5-13,15,28,32H,3,27H2,1-2,4H3,(H2,29,31);1-4H;1H,(H2,2,3)/b21-9-,28-20?,30-12-;;. The second-order valence-corrected chi connectivity index (χ2v) is 9.19. The van der Waals surface area contributed by atoms with E-state index in [0.29, 0.717) is 23.3 Å². The minimum atomic E-state index is -4.74. The smallest absolute Gasteiger partial charge is 0.399 e. The van der Waals surface area contributed by atoms with Gasteiger partial charge in [0.2, 0.25) is 6.41 Å². The van der Waals surface area contributed by atoms with Gasteiger partial charge in [0.05, 0.1) is 6.21 Å². The number of hydrogen-bond acceptors (Lipinski definition) is 7. The number of rotatable bonds is 8. The van der Waals surface area contributed by atoms with Crippen LogP contribution >= 0.6 is 0 Å². The number of nitrogen functional groups attached to an aromatic ring is 1. The third-order valence-electron chi connectivity index (χ3n) is 5.33. The number of amides is 1. The molecule has 1 atom stereocenters. The largest absolute Gasteiger partial charge is 0.434 e. The van der Waals surface area contributed by atoms with Crippen molar-refractivity contribution in [3.8, 4) is 11.1 Å². The molecule has 1 heterocycles. The molecule has 0 aliphatic heterocycles. The lowest BCUT2D eigenvalue weighted by Crippen LogP contribution is -2.24. The van der Waals surface area contributed by atoms with E-state index in [2.05, 4.69) is 27.6 Å². The highest BCUT2D eigenvalue weighted by Crippen LogP contribution is 2.26. The summed E-state index contributed by atoms with van der Waals surface area (Å²) in [6.45, 7) is 9.34. The number of aliphatic imine (C=N–C) groups is 1. The van der Waals surface area contributed by atoms with Gasteiger partial charge in [-0.3, -0.25) is 10.2 Å². The van der Waals surface area contributed by atoms with E-state index in [1.165, 1.54) is 12.1 Å². The van der Waals surface area contributed by atoms with Crippen LogP contribution in [0.1, 0.15) is 37.9 Å². The molecule has 0 saturated carbocycles. The summed E-state index contributed by atoms with van der Waals surface area (Å²) in [5.41, 5.74) is 17.8. The van der Waals surface area contributed by atoms with Crippen molar-refractivity contribution < 1.29 is 26.7 Å². The number of hydrogen-bond donors (Lipinski definition) is 5. The lowest BCUT2D eigenvalue weighted by atomic mass is 10.0. The van der Waals surface area contributed by atoms with Gasteiger partial charge in [-0.2, -0.15) is 13.2 Å². The van der Waals surface area contributed by atoms with E-state index in [1.54, 1.807) is 12.3 Å². The molecule has 0 aliphatic rings. The molecule has 230 valence electrons. The van der Waals surface area contributed by atoms with Gasteiger partial charge in [0.1, 0.15) is 11.6 Å². The number of carbonyl (C=O) groups is 1. The van der Waals surface area contributed by atoms with Gasteiger partial charge >= 0.3 is 6.18 Å². The molecular formula is C30H34F5N7O. The molecule has 2 aromatic carbocycles. The van der Waals surface area contributed by atoms with Gasteiger partial charge in [-0.05, 0) is 48.2 Å². The number of allylic oxidation sites excluding steroid dienone is 1. The summed E-state index contributed by atoms with van der Waals surface area (Å²) in [6, 6.07) is 14.2. The van der Waals surface area contributed by atoms with Crippen LogP contribution in [0.15, 0.2) is 84.3 Å². The number of alkyl halides is 3. The highest BCUT2D eigenvalue weighted by Gasteiger charge is 2.33. The molecule has 0 aliphatic carbocycles. The van der Waals surface area contributed by atoms with Gasteiger partial charge in [0.25, 0.3) is 0 Å². The summed E-state index contributed by atoms with van der Waals surface area (Å²) in [5, 5.41) is 10.2. The number of benzene rings is 2. The van der Waals surface area contributed by atoms with Crippen LogP contribution in [-0.2, 0) is 4.79 Å². The number of nitrogens with zero attached hydrogens (tertiary/aromatic N) is 2. The van der Waals surface area contributed by atoms with E-state index >= 15 is 0 Å². The van der Waals surface area contributed by atoms with Crippen molar-refractivity contribution in [3.05, 3.63) is 102 Å². The Hall–Kier alpha value is -5.07. The van der Waals surface area contributed by atoms with Crippen LogP contribution in [-0.4, -0.2) is 29.5 Å². The van der Waals surface area contributed by atoms with Crippen molar-refractivity contribution in [1.82, 2.24) is 10.3 Å². The summed E-state index contributed by atoms with van der Waals surface area (Å²) >= 11 is 0. The number of nitrogens with one attached hydrogen (secondary N) is 2. The fraction of sp³-hybridized carbons (Fsp3) is 0.200. The Morgan fingerprint density at radius 3 is 2.02 bits per heavy atom. The summed E-state index contributed by atoms with van der Waals surface area (Å²) in [4.78, 5) is 16.6. The lowest BCUT2D eigenvalue weighted by molar-refractivity contribution is -0.106. The number of primary amides is 1. The average molecular weight is 604 g/mol. The minimum absolute atomic E-state index is 0.0498. The zero-order chi connectivity index (χ0) is 32.7. The Kier molecular flexibility index (Phi) is 14.2. The SMILES string of the molecule is C=C(N)c1cc(-c2ccc(C(C)NC(=C\C(C)C)/N=C\C(=N)C(F)(F)F)cc2)cnc1N.Fc1ccccc1F.NC=O. The molecule has 3 rings (SSSR count). The zero-order valence-electron chi connectivity index (χ0n) is 23.8. The summed E-state index contributed by atoms with van der Waals surface area (Å²) in [6.07, 6.45) is -0.631. The number of pyridine rings is 1. The minimum Gasteiger partial charge on any atom is -0.399 e. The van der Waals surface area contributed by atoms with Gasteiger partial charge < -0.3 is 22.5 Å². The number of halogens is 5. The maximum atomic E-state index is 12.6. The first-order valence-corrected chi connectivity index (χ1v) is 12.6. The Morgan fingerprint density at radius 1 is 1.05 bits per heavy atom. The topological polar surface area (TPSA) is 156 Å². The number of anilines is 1. The second kappa shape index (κ2) is 17.0. The van der Waals surface area contributed by atoms with Crippen molar-refractivity contribution in [2.45, 2.75) is 33.0 Å². The van der Waals surface area contributed by atoms with Crippen LogP contribution in [0, 0.1) is 23.0 Å². The van der Waals surface area contributed by atoms with Gasteiger partial charge in [-0.1, -0.05) is 56.8 Å². The van der Waals surface area contributed by atoms with Crippen LogP contribution in [0.4, 0.5) is 27.8 Å². The number of carbonyl (C=O) groups excluding carboxylic acids is 1. The van der Waals surface area contributed by atoms with Gasteiger partial charge in [-0.25, -0.2) is 18.8 Å². The van der Waals surface area contributed by atoms with Crippen LogP contribution in [0.5, 0.6) is 0 Å². The maximum Gasteiger partial charge on any atom is 0.434 e. The molecule has 0 spiro atoms. The van der Waals surface area contributed by atoms with Crippen molar-refractivity contribution in [1.29, 1.82) is 5.41 Å². The van der Waals surface area contributed by atoms with Crippen molar-refractivity contribution in [2.24, 2.45) is 22.4 Å². The molecular weight excluding hydrogens is 569 g/mol. The van der Waals surface area contributed by atoms with Crippen molar-refractivity contribution in [3.63, 3.8) is 0 Å². The molecule has 1 aromatic heterocycles. The first kappa shape index (κ1) is 36.0. The quantitative estimate of drug-likeness (QED) is 0.119. The molecule has 8 N–H and O–H groups in total. The molecule has 1 unspecified atom stereocenters. The van der Waals surface area contributed by atoms with E-state index < -0.39 is 23.5 Å². The summed E-state index contributed by atoms with van der Waals surface area (Å²) in [5.74, 6) is -0.979. The first-order valence-electron chi connectivity index (χ1n) is 12.6. The molecule has 0 bridgehead atoms. The molecule has 0 radical (unpaired) electrons. The molecule has 0 saturated heterocycles. The second-order valence-electron chi connectivity index (χ2n) is 9.19. The fourth-order valence-electron chi connectivity index (χ4n) is 3.25. The number of aromatic nitrogens is 1. The molecule has 0 fully saturated rings. The van der Waals surface area contributed by atoms with E-state index in [-0.39, 0.29) is 24.2 Å². The molecule has 8 nitrogen and oxygen atoms in total. The van der Waals surface area contributed by atoms with E-state index in [4.69, 9.17) is 21.7 Å². The predicted molar refractivity (Wildman–Crippen MR) is 161 cm³/mol. The third kappa shape index (κ3) is 12.5. The molecule has 3 aromatic rings. The third-order valence-corrected chi connectivity index (χ3v) is 5.33. The van der Waals surface area contributed by atoms with Gasteiger partial charge in [-0.15, -0.1) is 0 Å². The molecule has 1 amide bonds. The predicted octanol–water partition coefficient (Wildman–Crippen LogP) is 6.13. The molecule has 13 heteroatoms. The van der Waals surface area contributed by atoms with Crippen molar-refractivity contribution in [2.75, 3.05) is 5.73 Å². The average Bonchev–Trinajstić information content (AvgIpc) is 2.93. The van der Waals surface area contributed by atoms with E-state index in [9.17, 15) is 22.0 Å². The first-order chi connectivity index (χ1) is 20.1. The van der Waals surface area contributed by atoms with Crippen LogP contribution in [0.3, 0.4) is 0 Å². The van der Waals surface area contributed by atoms with Crippen molar-refractivity contribution >= 4 is 29.9 Å². The monoisotopic (exact) mass is 603 g/mol. The normalized spacial score (nSPS) is 12.0. The highest BCUT2D eigenvalue weighted by molar-refractivity contribution is 6.31. The number of nitrogens with two attached hydrogens (primary N) is 3. The lowest BCUT2D eigenvalue weighted by Gasteiger charge is -2.17. The van der Waals surface area contributed by atoms with Crippen LogP contribution < -0.4 is 22.5 Å². The highest BCUT2D eigenvalue weighted by atomic mass is 19.4. The Labute approximate surface area is 246 Å². The van der Waals surface area contributed by atoms with Crippen LogP contribution in [0.2, 0.25) is 0 Å². The molecule has 43 heavy (non-hydrogen) atoms. The van der Waals surface area contributed by atoms with E-state index in [1.807, 2.05) is 51.1 Å². The Bertz CT molecular complexity index is 1410. The Balaban J connectivity index is 0.000000705. The summed E-state index contributed by atoms with van der Waals surface area (Å²) in [7, 11) is 0. The summed E-state index contributed by atoms with van der Waals surface area (Å²) < 4.78 is 61.6. The van der Waals surface area contributed by atoms with Gasteiger partial charge in [0.15, 0.2) is 17.3 Å². The van der Waals surface area contributed by atoms with Gasteiger partial charge in [0, 0.05) is 29.1 Å². The van der Waals surface area contributed by atoms with E-state index in [0.717, 1.165) is 28.8 Å². The maximum absolute atomic E-state index is 12.6. The Morgan fingerprint density at radius 2 is 1.58 bits per heavy atom. The fourth-order valence-corrected chi connectivity index (χ4v) is 3.25.